The van der Waals surface area contributed by atoms with E-state index in [9.17, 15) is 13.6 Å². The van der Waals surface area contributed by atoms with Crippen LogP contribution < -0.4 is 14.8 Å². The standard InChI is InChI=1S/C21H15BrF2N2O3S/c1-11-17(12-2-5-14(22)6-3-12)25-19(30-11)26-18(27)20(8-9-20)13-4-7-15-16(10-13)29-21(23,24)28-15/h2-7,10H,8-9H2,1H3,(H,25,26,27). The van der Waals surface area contributed by atoms with Crippen molar-refractivity contribution in [2.45, 2.75) is 31.5 Å². The van der Waals surface area contributed by atoms with Crippen molar-refractivity contribution >= 4 is 38.3 Å². The summed E-state index contributed by atoms with van der Waals surface area (Å²) in [6.07, 6.45) is -2.43. The second-order valence-corrected chi connectivity index (χ2v) is 9.41. The summed E-state index contributed by atoms with van der Waals surface area (Å²) in [4.78, 5) is 18.6. The fourth-order valence-electron chi connectivity index (χ4n) is 3.56. The van der Waals surface area contributed by atoms with Gasteiger partial charge in [0, 0.05) is 14.9 Å². The van der Waals surface area contributed by atoms with Crippen molar-refractivity contribution < 1.29 is 23.0 Å². The monoisotopic (exact) mass is 492 g/mol. The normalized spacial score (nSPS) is 17.6. The van der Waals surface area contributed by atoms with Gasteiger partial charge in [0.15, 0.2) is 16.6 Å². The van der Waals surface area contributed by atoms with Crippen LogP contribution in [0.1, 0.15) is 23.3 Å². The fraction of sp³-hybridized carbons (Fsp3) is 0.238. The molecule has 2 aromatic carbocycles. The van der Waals surface area contributed by atoms with Gasteiger partial charge < -0.3 is 14.8 Å². The van der Waals surface area contributed by atoms with E-state index in [-0.39, 0.29) is 17.4 Å². The maximum absolute atomic E-state index is 13.3. The van der Waals surface area contributed by atoms with Crippen molar-refractivity contribution in [1.82, 2.24) is 4.98 Å². The van der Waals surface area contributed by atoms with Crippen molar-refractivity contribution in [3.05, 3.63) is 57.4 Å². The quantitative estimate of drug-likeness (QED) is 0.494. The Morgan fingerprint density at radius 1 is 1.13 bits per heavy atom. The van der Waals surface area contributed by atoms with Crippen LogP contribution in [0.4, 0.5) is 13.9 Å². The molecule has 2 aliphatic rings. The molecule has 0 unspecified atom stereocenters. The summed E-state index contributed by atoms with van der Waals surface area (Å²) in [5.41, 5.74) is 1.64. The zero-order chi connectivity index (χ0) is 21.1. The molecule has 9 heteroatoms. The van der Waals surface area contributed by atoms with Gasteiger partial charge in [-0.05, 0) is 49.6 Å². The van der Waals surface area contributed by atoms with Crippen LogP contribution in [0.3, 0.4) is 0 Å². The highest BCUT2D eigenvalue weighted by atomic mass is 79.9. The lowest BCUT2D eigenvalue weighted by Gasteiger charge is -2.15. The maximum atomic E-state index is 13.3. The minimum atomic E-state index is -3.68. The predicted molar refractivity (Wildman–Crippen MR) is 112 cm³/mol. The molecule has 0 radical (unpaired) electrons. The number of carbonyl (C=O) groups excluding carboxylic acids is 1. The van der Waals surface area contributed by atoms with E-state index in [1.165, 1.54) is 23.5 Å². The number of hydrogen-bond donors (Lipinski definition) is 1. The van der Waals surface area contributed by atoms with Gasteiger partial charge in [-0.15, -0.1) is 20.1 Å². The van der Waals surface area contributed by atoms with Crippen LogP contribution in [0, 0.1) is 6.92 Å². The number of nitrogens with one attached hydrogen (secondary N) is 1. The first-order valence-corrected chi connectivity index (χ1v) is 10.8. The Hall–Kier alpha value is -2.52. The number of anilines is 1. The molecule has 0 saturated heterocycles. The summed E-state index contributed by atoms with van der Waals surface area (Å²) in [5, 5.41) is 3.42. The first-order chi connectivity index (χ1) is 14.3. The highest BCUT2D eigenvalue weighted by Crippen LogP contribution is 2.52. The van der Waals surface area contributed by atoms with Crippen LogP contribution in [0.25, 0.3) is 11.3 Å². The Bertz CT molecular complexity index is 1160. The molecule has 3 aromatic rings. The topological polar surface area (TPSA) is 60.5 Å². The largest absolute Gasteiger partial charge is 0.586 e. The van der Waals surface area contributed by atoms with E-state index < -0.39 is 11.7 Å². The van der Waals surface area contributed by atoms with E-state index >= 15 is 0 Å². The van der Waals surface area contributed by atoms with Crippen molar-refractivity contribution in [2.75, 3.05) is 5.32 Å². The number of halogens is 3. The average Bonchev–Trinajstić information content (AvgIpc) is 3.33. The fourth-order valence-corrected chi connectivity index (χ4v) is 4.66. The third-order valence-electron chi connectivity index (χ3n) is 5.27. The number of amides is 1. The molecule has 1 amide bonds. The number of aromatic nitrogens is 1. The number of carbonyl (C=O) groups is 1. The maximum Gasteiger partial charge on any atom is 0.586 e. The molecule has 154 valence electrons. The van der Waals surface area contributed by atoms with Crippen molar-refractivity contribution in [1.29, 1.82) is 0 Å². The van der Waals surface area contributed by atoms with Crippen LogP contribution in [0.5, 0.6) is 11.5 Å². The molecule has 1 fully saturated rings. The summed E-state index contributed by atoms with van der Waals surface area (Å²) >= 11 is 4.82. The molecular weight excluding hydrogens is 478 g/mol. The van der Waals surface area contributed by atoms with Crippen molar-refractivity contribution in [2.24, 2.45) is 0 Å². The number of thiazole rings is 1. The second-order valence-electron chi connectivity index (χ2n) is 7.30. The van der Waals surface area contributed by atoms with Gasteiger partial charge in [-0.2, -0.15) is 0 Å². The second kappa shape index (κ2) is 6.75. The third-order valence-corrected chi connectivity index (χ3v) is 6.69. The third kappa shape index (κ3) is 3.35. The zero-order valence-corrected chi connectivity index (χ0v) is 18.1. The summed E-state index contributed by atoms with van der Waals surface area (Å²) < 4.78 is 36.5. The number of fused-ring (bicyclic) bond motifs is 1. The molecule has 1 aliphatic carbocycles. The van der Waals surface area contributed by atoms with Crippen molar-refractivity contribution in [3.63, 3.8) is 0 Å². The number of rotatable bonds is 4. The molecule has 0 bridgehead atoms. The lowest BCUT2D eigenvalue weighted by atomic mass is 9.94. The van der Waals surface area contributed by atoms with Gasteiger partial charge in [0.05, 0.1) is 11.1 Å². The summed E-state index contributed by atoms with van der Waals surface area (Å²) in [5.74, 6) is -0.293. The highest BCUT2D eigenvalue weighted by molar-refractivity contribution is 9.10. The predicted octanol–water partition coefficient (Wildman–Crippen LogP) is 5.87. The Kier molecular flexibility index (Phi) is 4.37. The molecule has 1 saturated carbocycles. The van der Waals surface area contributed by atoms with Crippen LogP contribution in [-0.2, 0) is 10.2 Å². The number of benzene rings is 2. The lowest BCUT2D eigenvalue weighted by Crippen LogP contribution is -2.27. The molecular formula is C21H15BrF2N2O3S. The van der Waals surface area contributed by atoms with Gasteiger partial charge in [-0.1, -0.05) is 34.1 Å². The molecule has 30 heavy (non-hydrogen) atoms. The lowest BCUT2D eigenvalue weighted by molar-refractivity contribution is -0.286. The average molecular weight is 493 g/mol. The number of aryl methyl sites for hydroxylation is 1. The van der Waals surface area contributed by atoms with Gasteiger partial charge in [-0.3, -0.25) is 4.79 Å². The molecule has 5 nitrogen and oxygen atoms in total. The molecule has 2 heterocycles. The van der Waals surface area contributed by atoms with E-state index in [0.717, 1.165) is 20.6 Å². The number of nitrogens with zero attached hydrogens (tertiary/aromatic N) is 1. The smallest absolute Gasteiger partial charge is 0.395 e. The first-order valence-electron chi connectivity index (χ1n) is 9.21. The number of ether oxygens (including phenoxy) is 2. The minimum absolute atomic E-state index is 0.0327. The van der Waals surface area contributed by atoms with Gasteiger partial charge in [-0.25, -0.2) is 4.98 Å². The molecule has 5 rings (SSSR count). The van der Waals surface area contributed by atoms with Gasteiger partial charge in [0.25, 0.3) is 0 Å². The summed E-state index contributed by atoms with van der Waals surface area (Å²) in [7, 11) is 0. The van der Waals surface area contributed by atoms with E-state index in [2.05, 4.69) is 35.7 Å². The summed E-state index contributed by atoms with van der Waals surface area (Å²) in [6.45, 7) is 1.95. The van der Waals surface area contributed by atoms with Crippen LogP contribution in [0.2, 0.25) is 0 Å². The minimum Gasteiger partial charge on any atom is -0.395 e. The highest BCUT2D eigenvalue weighted by Gasteiger charge is 2.53. The molecule has 1 N–H and O–H groups in total. The van der Waals surface area contributed by atoms with E-state index in [1.807, 2.05) is 31.2 Å². The zero-order valence-electron chi connectivity index (χ0n) is 15.7. The molecule has 1 aromatic heterocycles. The molecule has 0 atom stereocenters. The van der Waals surface area contributed by atoms with Crippen LogP contribution in [0.15, 0.2) is 46.9 Å². The Morgan fingerprint density at radius 2 is 1.83 bits per heavy atom. The van der Waals surface area contributed by atoms with E-state index in [1.54, 1.807) is 6.07 Å². The van der Waals surface area contributed by atoms with Crippen molar-refractivity contribution in [3.8, 4) is 22.8 Å². The Morgan fingerprint density at radius 3 is 2.53 bits per heavy atom. The SMILES string of the molecule is Cc1sc(NC(=O)C2(c3ccc4c(c3)OC(F)(F)O4)CC2)nc1-c1ccc(Br)cc1. The number of alkyl halides is 2. The van der Waals surface area contributed by atoms with E-state index in [4.69, 9.17) is 0 Å². The first kappa shape index (κ1) is 19.4. The number of hydrogen-bond acceptors (Lipinski definition) is 5. The Labute approximate surface area is 183 Å². The van der Waals surface area contributed by atoms with Gasteiger partial charge in [0.1, 0.15) is 0 Å². The Balaban J connectivity index is 1.37. The van der Waals surface area contributed by atoms with E-state index in [0.29, 0.717) is 23.5 Å². The van der Waals surface area contributed by atoms with Crippen LogP contribution >= 0.6 is 27.3 Å². The van der Waals surface area contributed by atoms with Crippen LogP contribution in [-0.4, -0.2) is 17.2 Å². The van der Waals surface area contributed by atoms with Gasteiger partial charge in [0.2, 0.25) is 5.91 Å². The van der Waals surface area contributed by atoms with Gasteiger partial charge >= 0.3 is 6.29 Å². The summed E-state index contributed by atoms with van der Waals surface area (Å²) in [6, 6.07) is 12.3. The molecule has 0 spiro atoms. The molecule has 1 aliphatic heterocycles.